The lowest BCUT2D eigenvalue weighted by molar-refractivity contribution is -0.141. The monoisotopic (exact) mass is 655 g/mol. The normalized spacial score (nSPS) is 13.8. The molecule has 1 aliphatic heterocycles. The Labute approximate surface area is 276 Å². The van der Waals surface area contributed by atoms with E-state index >= 15 is 0 Å². The molecule has 47 heavy (non-hydrogen) atoms. The summed E-state index contributed by atoms with van der Waals surface area (Å²) in [7, 11) is 0. The number of primary amides is 1. The number of unbranched alkanes of at least 4 members (excludes halogenated alkanes) is 2. The van der Waals surface area contributed by atoms with E-state index in [2.05, 4.69) is 40.4 Å². The Balaban J connectivity index is 1.86. The van der Waals surface area contributed by atoms with Crippen molar-refractivity contribution in [2.75, 3.05) is 25.0 Å². The zero-order valence-electron chi connectivity index (χ0n) is 27.7. The Morgan fingerprint density at radius 3 is 2.00 bits per heavy atom. The van der Waals surface area contributed by atoms with Crippen LogP contribution in [-0.2, 0) is 35.2 Å². The third-order valence-electron chi connectivity index (χ3n) is 7.34. The number of carbonyl (C=O) groups is 7. The average molecular weight is 656 g/mol. The van der Waals surface area contributed by atoms with Crippen LogP contribution in [0.4, 0.5) is 10.5 Å². The van der Waals surface area contributed by atoms with Crippen LogP contribution in [0.1, 0.15) is 71.8 Å². The molecule has 1 aromatic carbocycles. The summed E-state index contributed by atoms with van der Waals surface area (Å²) in [6, 6.07) is 5.01. The smallest absolute Gasteiger partial charge is 0.312 e. The minimum Gasteiger partial charge on any atom is -0.355 e. The number of nitrogens with zero attached hydrogens (tertiary/aromatic N) is 1. The highest BCUT2D eigenvalue weighted by Crippen LogP contribution is 2.14. The zero-order valence-corrected chi connectivity index (χ0v) is 27.7. The molecule has 1 aromatic rings. The molecule has 1 aliphatic rings. The quantitative estimate of drug-likeness (QED) is 0.0900. The van der Waals surface area contributed by atoms with Gasteiger partial charge in [-0.15, -0.1) is 0 Å². The number of rotatable bonds is 20. The fourth-order valence-corrected chi connectivity index (χ4v) is 4.86. The number of anilines is 1. The van der Waals surface area contributed by atoms with Gasteiger partial charge in [-0.25, -0.2) is 4.79 Å². The van der Waals surface area contributed by atoms with Crippen molar-refractivity contribution in [2.45, 2.75) is 84.7 Å². The second-order valence-electron chi connectivity index (χ2n) is 12.3. The molecule has 2 rings (SSSR count). The maximum absolute atomic E-state index is 13.3. The van der Waals surface area contributed by atoms with E-state index in [0.717, 1.165) is 29.0 Å². The van der Waals surface area contributed by atoms with Crippen LogP contribution < -0.4 is 32.3 Å². The standard InChI is InChI=1S/C33H49N7O7/c1-21(2)19-23-11-13-24(14-12-23)37-31(45)25(9-8-18-36-33(34)47)38-32(46)30(22(3)4)39-26(41)10-6-5-7-17-35-27(42)20-40-28(43)15-16-29(40)44/h11-16,21-22,25,30H,5-10,17-20H2,1-4H3,(H,35,42)(H,37,45)(H,38,46)(H,39,41)(H3,34,36,47)/t25-,30?/m0/s1. The Hall–Kier alpha value is -4.75. The number of amides is 8. The van der Waals surface area contributed by atoms with E-state index in [1.54, 1.807) is 13.8 Å². The summed E-state index contributed by atoms with van der Waals surface area (Å²) in [6.07, 6.45) is 5.60. The van der Waals surface area contributed by atoms with Gasteiger partial charge in [-0.1, -0.05) is 46.2 Å². The molecule has 0 aromatic heterocycles. The van der Waals surface area contributed by atoms with Crippen molar-refractivity contribution in [3.63, 3.8) is 0 Å². The van der Waals surface area contributed by atoms with E-state index in [9.17, 15) is 33.6 Å². The van der Waals surface area contributed by atoms with Crippen molar-refractivity contribution < 1.29 is 33.6 Å². The van der Waals surface area contributed by atoms with Crippen LogP contribution >= 0.6 is 0 Å². The number of hydrogen-bond acceptors (Lipinski definition) is 7. The number of benzene rings is 1. The molecule has 14 nitrogen and oxygen atoms in total. The lowest BCUT2D eigenvalue weighted by Gasteiger charge is -2.25. The van der Waals surface area contributed by atoms with Crippen molar-refractivity contribution in [1.29, 1.82) is 0 Å². The van der Waals surface area contributed by atoms with Crippen LogP contribution in [0.5, 0.6) is 0 Å². The lowest BCUT2D eigenvalue weighted by atomic mass is 10.0. The van der Waals surface area contributed by atoms with Gasteiger partial charge < -0.3 is 32.3 Å². The van der Waals surface area contributed by atoms with Crippen molar-refractivity contribution in [3.8, 4) is 0 Å². The molecule has 0 fully saturated rings. The van der Waals surface area contributed by atoms with E-state index in [1.165, 1.54) is 0 Å². The summed E-state index contributed by atoms with van der Waals surface area (Å²) in [5.41, 5.74) is 6.87. The van der Waals surface area contributed by atoms with Gasteiger partial charge >= 0.3 is 6.03 Å². The van der Waals surface area contributed by atoms with Crippen LogP contribution in [0.15, 0.2) is 36.4 Å². The summed E-state index contributed by atoms with van der Waals surface area (Å²) in [5.74, 6) is -2.53. The maximum atomic E-state index is 13.3. The molecular formula is C33H49N7O7. The van der Waals surface area contributed by atoms with Gasteiger partial charge in [0, 0.05) is 37.3 Å². The van der Waals surface area contributed by atoms with Crippen LogP contribution in [0.3, 0.4) is 0 Å². The van der Waals surface area contributed by atoms with Crippen LogP contribution in [0.2, 0.25) is 0 Å². The van der Waals surface area contributed by atoms with Gasteiger partial charge in [0.1, 0.15) is 18.6 Å². The van der Waals surface area contributed by atoms with Gasteiger partial charge in [-0.3, -0.25) is 33.7 Å². The highest BCUT2D eigenvalue weighted by Gasteiger charge is 2.29. The van der Waals surface area contributed by atoms with Crippen molar-refractivity contribution in [1.82, 2.24) is 26.2 Å². The molecule has 258 valence electrons. The molecule has 14 heteroatoms. The molecule has 1 unspecified atom stereocenters. The lowest BCUT2D eigenvalue weighted by Crippen LogP contribution is -2.54. The molecule has 0 bridgehead atoms. The van der Waals surface area contributed by atoms with Crippen LogP contribution in [0.25, 0.3) is 0 Å². The van der Waals surface area contributed by atoms with Gasteiger partial charge in [0.2, 0.25) is 23.6 Å². The van der Waals surface area contributed by atoms with Gasteiger partial charge in [-0.05, 0) is 61.6 Å². The summed E-state index contributed by atoms with van der Waals surface area (Å²) in [4.78, 5) is 86.3. The number of imide groups is 1. The fraction of sp³-hybridized carbons (Fsp3) is 0.545. The highest BCUT2D eigenvalue weighted by atomic mass is 16.2. The van der Waals surface area contributed by atoms with Gasteiger partial charge in [0.25, 0.3) is 11.8 Å². The van der Waals surface area contributed by atoms with Crippen LogP contribution in [-0.4, -0.2) is 78.1 Å². The van der Waals surface area contributed by atoms with Crippen molar-refractivity contribution in [3.05, 3.63) is 42.0 Å². The van der Waals surface area contributed by atoms with E-state index in [0.29, 0.717) is 43.8 Å². The topological polar surface area (TPSA) is 209 Å². The first kappa shape index (κ1) is 38.4. The fourth-order valence-electron chi connectivity index (χ4n) is 4.86. The van der Waals surface area contributed by atoms with Gasteiger partial charge in [-0.2, -0.15) is 0 Å². The number of nitrogens with one attached hydrogen (secondary N) is 5. The zero-order chi connectivity index (χ0) is 34.9. The molecule has 1 heterocycles. The summed E-state index contributed by atoms with van der Waals surface area (Å²) < 4.78 is 0. The molecular weight excluding hydrogens is 606 g/mol. The second-order valence-corrected chi connectivity index (χ2v) is 12.3. The molecule has 0 spiro atoms. The largest absolute Gasteiger partial charge is 0.355 e. The first-order valence-electron chi connectivity index (χ1n) is 16.1. The third-order valence-corrected chi connectivity index (χ3v) is 7.34. The minimum atomic E-state index is -0.932. The summed E-state index contributed by atoms with van der Waals surface area (Å²) in [5, 5.41) is 13.5. The minimum absolute atomic E-state index is 0.155. The molecule has 0 saturated carbocycles. The summed E-state index contributed by atoms with van der Waals surface area (Å²) >= 11 is 0. The van der Waals surface area contributed by atoms with Gasteiger partial charge in [0.15, 0.2) is 0 Å². The number of urea groups is 1. The Kier molecular flexibility index (Phi) is 16.1. The van der Waals surface area contributed by atoms with Crippen molar-refractivity contribution in [2.24, 2.45) is 17.6 Å². The van der Waals surface area contributed by atoms with Crippen molar-refractivity contribution >= 4 is 47.2 Å². The van der Waals surface area contributed by atoms with E-state index in [1.807, 2.05) is 24.3 Å². The Morgan fingerprint density at radius 1 is 0.766 bits per heavy atom. The molecule has 0 radical (unpaired) electrons. The number of hydrogen-bond donors (Lipinski definition) is 6. The van der Waals surface area contributed by atoms with Crippen LogP contribution in [0, 0.1) is 11.8 Å². The molecule has 0 saturated heterocycles. The number of carbonyl (C=O) groups excluding carboxylic acids is 7. The number of nitrogens with two attached hydrogens (primary N) is 1. The van der Waals surface area contributed by atoms with Gasteiger partial charge in [0.05, 0.1) is 0 Å². The van der Waals surface area contributed by atoms with E-state index < -0.39 is 47.7 Å². The molecule has 8 amide bonds. The predicted octanol–water partition coefficient (Wildman–Crippen LogP) is 1.50. The third kappa shape index (κ3) is 14.5. The molecule has 7 N–H and O–H groups in total. The summed E-state index contributed by atoms with van der Waals surface area (Å²) in [6.45, 7) is 8.03. The van der Waals surface area contributed by atoms with E-state index in [-0.39, 0.29) is 37.8 Å². The molecule has 2 atom stereocenters. The highest BCUT2D eigenvalue weighted by molar-refractivity contribution is 6.14. The first-order valence-corrected chi connectivity index (χ1v) is 16.1. The first-order chi connectivity index (χ1) is 22.3. The Morgan fingerprint density at radius 2 is 1.40 bits per heavy atom. The second kappa shape index (κ2) is 19.7. The molecule has 0 aliphatic carbocycles. The average Bonchev–Trinajstić information content (AvgIpc) is 3.31. The Bertz CT molecular complexity index is 1280. The maximum Gasteiger partial charge on any atom is 0.312 e. The predicted molar refractivity (Wildman–Crippen MR) is 176 cm³/mol. The SMILES string of the molecule is CC(C)Cc1ccc(NC(=O)[C@H](CCCNC(N)=O)NC(=O)C(NC(=O)CCCCCNC(=O)CN2C(=O)C=CC2=O)C(C)C)cc1. The van der Waals surface area contributed by atoms with E-state index in [4.69, 9.17) is 5.73 Å².